The fourth-order valence-electron chi connectivity index (χ4n) is 1.90. The van der Waals surface area contributed by atoms with Gasteiger partial charge in [0.25, 0.3) is 0 Å². The summed E-state index contributed by atoms with van der Waals surface area (Å²) in [6.45, 7) is 2.07. The van der Waals surface area contributed by atoms with Crippen LogP contribution in [0.15, 0.2) is 35.0 Å². The predicted octanol–water partition coefficient (Wildman–Crippen LogP) is 2.92. The Labute approximate surface area is 127 Å². The third-order valence-corrected chi connectivity index (χ3v) is 3.74. The van der Waals surface area contributed by atoms with Crippen molar-refractivity contribution in [3.8, 4) is 5.75 Å². The summed E-state index contributed by atoms with van der Waals surface area (Å²) in [5.74, 6) is 0.772. The SMILES string of the molecule is COc1ccc(NC(=O)NCC(O)c2ccsc2)cc1C. The van der Waals surface area contributed by atoms with Crippen molar-refractivity contribution in [3.05, 3.63) is 46.2 Å². The molecule has 0 aliphatic rings. The lowest BCUT2D eigenvalue weighted by atomic mass is 10.2. The minimum absolute atomic E-state index is 0.164. The molecule has 0 fully saturated rings. The third kappa shape index (κ3) is 4.21. The molecular formula is C15H18N2O3S. The number of hydrogen-bond acceptors (Lipinski definition) is 4. The van der Waals surface area contributed by atoms with Gasteiger partial charge in [-0.15, -0.1) is 0 Å². The van der Waals surface area contributed by atoms with Crippen LogP contribution in [-0.4, -0.2) is 24.8 Å². The highest BCUT2D eigenvalue weighted by molar-refractivity contribution is 7.07. The second-order valence-electron chi connectivity index (χ2n) is 4.59. The van der Waals surface area contributed by atoms with Crippen LogP contribution in [0.25, 0.3) is 0 Å². The van der Waals surface area contributed by atoms with Crippen molar-refractivity contribution in [2.75, 3.05) is 19.0 Å². The van der Waals surface area contributed by atoms with E-state index in [0.717, 1.165) is 16.9 Å². The summed E-state index contributed by atoms with van der Waals surface area (Å²) in [6, 6.07) is 6.87. The number of urea groups is 1. The van der Waals surface area contributed by atoms with Crippen LogP contribution in [0.3, 0.4) is 0 Å². The van der Waals surface area contributed by atoms with Gasteiger partial charge < -0.3 is 20.5 Å². The minimum atomic E-state index is -0.695. The number of benzene rings is 1. The van der Waals surface area contributed by atoms with Crippen molar-refractivity contribution >= 4 is 23.1 Å². The summed E-state index contributed by atoms with van der Waals surface area (Å²) < 4.78 is 5.16. The Kier molecular flexibility index (Phi) is 5.19. The Balaban J connectivity index is 1.86. The van der Waals surface area contributed by atoms with E-state index in [9.17, 15) is 9.90 Å². The summed E-state index contributed by atoms with van der Waals surface area (Å²) in [5.41, 5.74) is 2.42. The predicted molar refractivity (Wildman–Crippen MR) is 84.0 cm³/mol. The number of amides is 2. The lowest BCUT2D eigenvalue weighted by Gasteiger charge is -2.12. The molecule has 0 bridgehead atoms. The van der Waals surface area contributed by atoms with Crippen molar-refractivity contribution < 1.29 is 14.6 Å². The second-order valence-corrected chi connectivity index (χ2v) is 5.37. The number of methoxy groups -OCH3 is 1. The fraction of sp³-hybridized carbons (Fsp3) is 0.267. The van der Waals surface area contributed by atoms with Crippen molar-refractivity contribution in [1.29, 1.82) is 0 Å². The lowest BCUT2D eigenvalue weighted by Crippen LogP contribution is -2.32. The lowest BCUT2D eigenvalue weighted by molar-refractivity contribution is 0.175. The molecule has 5 nitrogen and oxygen atoms in total. The van der Waals surface area contributed by atoms with Crippen molar-refractivity contribution in [2.24, 2.45) is 0 Å². The van der Waals surface area contributed by atoms with Gasteiger partial charge in [0.15, 0.2) is 0 Å². The number of thiophene rings is 1. The van der Waals surface area contributed by atoms with Gasteiger partial charge in [0.1, 0.15) is 5.75 Å². The number of aliphatic hydroxyl groups excluding tert-OH is 1. The molecule has 1 unspecified atom stereocenters. The molecule has 2 rings (SSSR count). The largest absolute Gasteiger partial charge is 0.496 e. The van der Waals surface area contributed by atoms with E-state index in [1.165, 1.54) is 11.3 Å². The highest BCUT2D eigenvalue weighted by atomic mass is 32.1. The Bertz CT molecular complexity index is 599. The molecule has 0 spiro atoms. The molecule has 3 N–H and O–H groups in total. The zero-order valence-corrected chi connectivity index (χ0v) is 12.7. The molecule has 2 aromatic rings. The average Bonchev–Trinajstić information content (AvgIpc) is 2.99. The highest BCUT2D eigenvalue weighted by Crippen LogP contribution is 2.21. The van der Waals surface area contributed by atoms with Gasteiger partial charge in [0.05, 0.1) is 13.2 Å². The first-order valence-corrected chi connectivity index (χ1v) is 7.44. The maximum atomic E-state index is 11.8. The van der Waals surface area contributed by atoms with Crippen molar-refractivity contribution in [3.63, 3.8) is 0 Å². The number of hydrogen-bond donors (Lipinski definition) is 3. The van der Waals surface area contributed by atoms with Gasteiger partial charge in [-0.25, -0.2) is 4.79 Å². The van der Waals surface area contributed by atoms with E-state index in [1.807, 2.05) is 29.8 Å². The van der Waals surface area contributed by atoms with Gasteiger partial charge >= 0.3 is 6.03 Å². The molecule has 1 heterocycles. The smallest absolute Gasteiger partial charge is 0.319 e. The molecule has 21 heavy (non-hydrogen) atoms. The molecule has 0 aliphatic carbocycles. The normalized spacial score (nSPS) is 11.8. The van der Waals surface area contributed by atoms with Crippen LogP contribution in [0.1, 0.15) is 17.2 Å². The number of nitrogens with one attached hydrogen (secondary N) is 2. The fourth-order valence-corrected chi connectivity index (χ4v) is 2.61. The molecule has 1 atom stereocenters. The van der Waals surface area contributed by atoms with Crippen LogP contribution in [-0.2, 0) is 0 Å². The maximum absolute atomic E-state index is 11.8. The van der Waals surface area contributed by atoms with E-state index in [0.29, 0.717) is 5.69 Å². The number of carbonyl (C=O) groups is 1. The molecular weight excluding hydrogens is 288 g/mol. The maximum Gasteiger partial charge on any atom is 0.319 e. The van der Waals surface area contributed by atoms with Crippen LogP contribution >= 0.6 is 11.3 Å². The summed E-state index contributed by atoms with van der Waals surface area (Å²) in [7, 11) is 1.61. The Morgan fingerprint density at radius 3 is 2.86 bits per heavy atom. The number of rotatable bonds is 5. The summed E-state index contributed by atoms with van der Waals surface area (Å²) in [6.07, 6.45) is -0.695. The number of anilines is 1. The van der Waals surface area contributed by atoms with Gasteiger partial charge in [-0.2, -0.15) is 11.3 Å². The van der Waals surface area contributed by atoms with E-state index >= 15 is 0 Å². The monoisotopic (exact) mass is 306 g/mol. The molecule has 1 aromatic carbocycles. The molecule has 0 aliphatic heterocycles. The van der Waals surface area contributed by atoms with Crippen molar-refractivity contribution in [2.45, 2.75) is 13.0 Å². The number of ether oxygens (including phenoxy) is 1. The van der Waals surface area contributed by atoms with E-state index in [1.54, 1.807) is 19.2 Å². The van der Waals surface area contributed by atoms with Crippen LogP contribution in [0, 0.1) is 6.92 Å². The average molecular weight is 306 g/mol. The van der Waals surface area contributed by atoms with Crippen LogP contribution in [0.2, 0.25) is 0 Å². The molecule has 0 saturated carbocycles. The molecule has 112 valence electrons. The Hall–Kier alpha value is -2.05. The molecule has 0 saturated heterocycles. The van der Waals surface area contributed by atoms with E-state index in [-0.39, 0.29) is 12.6 Å². The van der Waals surface area contributed by atoms with Crippen LogP contribution in [0.4, 0.5) is 10.5 Å². The Morgan fingerprint density at radius 2 is 2.24 bits per heavy atom. The first-order chi connectivity index (χ1) is 10.1. The summed E-state index contributed by atoms with van der Waals surface area (Å²) >= 11 is 1.51. The minimum Gasteiger partial charge on any atom is -0.496 e. The highest BCUT2D eigenvalue weighted by Gasteiger charge is 2.10. The standard InChI is InChI=1S/C15H18N2O3S/c1-10-7-12(3-4-14(10)20-2)17-15(19)16-8-13(18)11-5-6-21-9-11/h3-7,9,13,18H,8H2,1-2H3,(H2,16,17,19). The third-order valence-electron chi connectivity index (χ3n) is 3.04. The quantitative estimate of drug-likeness (QED) is 0.795. The molecule has 0 radical (unpaired) electrons. The number of aryl methyl sites for hydroxylation is 1. The first kappa shape index (κ1) is 15.3. The zero-order chi connectivity index (χ0) is 15.2. The first-order valence-electron chi connectivity index (χ1n) is 6.50. The van der Waals surface area contributed by atoms with E-state index in [4.69, 9.17) is 4.74 Å². The summed E-state index contributed by atoms with van der Waals surface area (Å²) in [5, 5.41) is 19.0. The van der Waals surface area contributed by atoms with Gasteiger partial charge in [0, 0.05) is 12.2 Å². The van der Waals surface area contributed by atoms with Crippen molar-refractivity contribution in [1.82, 2.24) is 5.32 Å². The van der Waals surface area contributed by atoms with Crippen LogP contribution < -0.4 is 15.4 Å². The topological polar surface area (TPSA) is 70.6 Å². The van der Waals surface area contributed by atoms with Gasteiger partial charge in [-0.3, -0.25) is 0 Å². The zero-order valence-electron chi connectivity index (χ0n) is 11.9. The second kappa shape index (κ2) is 7.10. The summed E-state index contributed by atoms with van der Waals surface area (Å²) in [4.78, 5) is 11.8. The number of carbonyl (C=O) groups excluding carboxylic acids is 1. The molecule has 6 heteroatoms. The van der Waals surface area contributed by atoms with E-state index < -0.39 is 6.10 Å². The van der Waals surface area contributed by atoms with Gasteiger partial charge in [0.2, 0.25) is 0 Å². The number of aliphatic hydroxyl groups is 1. The van der Waals surface area contributed by atoms with Crippen LogP contribution in [0.5, 0.6) is 5.75 Å². The van der Waals surface area contributed by atoms with Gasteiger partial charge in [-0.05, 0) is 53.1 Å². The Morgan fingerprint density at radius 1 is 1.43 bits per heavy atom. The van der Waals surface area contributed by atoms with E-state index in [2.05, 4.69) is 10.6 Å². The molecule has 2 amide bonds. The van der Waals surface area contributed by atoms with Gasteiger partial charge in [-0.1, -0.05) is 0 Å². The molecule has 1 aromatic heterocycles.